The van der Waals surface area contributed by atoms with Crippen LogP contribution in [-0.4, -0.2) is 52.8 Å². The van der Waals surface area contributed by atoms with Gasteiger partial charge in [0.15, 0.2) is 0 Å². The van der Waals surface area contributed by atoms with Gasteiger partial charge in [-0.3, -0.25) is 4.79 Å². The molecule has 3 rings (SSSR count). The van der Waals surface area contributed by atoms with Gasteiger partial charge in [0.25, 0.3) is 5.91 Å². The van der Waals surface area contributed by atoms with E-state index in [0.29, 0.717) is 31.9 Å². The first kappa shape index (κ1) is 12.1. The molecule has 6 heteroatoms. The van der Waals surface area contributed by atoms with Crippen molar-refractivity contribution in [2.45, 2.75) is 6.04 Å². The molecule has 100 valence electrons. The number of hydrogen-bond donors (Lipinski definition) is 1. The van der Waals surface area contributed by atoms with Crippen LogP contribution < -0.4 is 5.73 Å². The standard InChI is InChI=1S/C13H16N4O2/c14-7-10-9-19-6-5-16(10)13(18)11-8-15-17-4-2-1-3-12(11)17/h1-4,8,10H,5-7,9,14H2. The van der Waals surface area contributed by atoms with Crippen LogP contribution in [0.4, 0.5) is 0 Å². The molecule has 1 amide bonds. The molecule has 3 heterocycles. The normalized spacial score (nSPS) is 19.8. The van der Waals surface area contributed by atoms with Gasteiger partial charge in [0.05, 0.1) is 36.5 Å². The van der Waals surface area contributed by atoms with E-state index in [0.717, 1.165) is 5.52 Å². The number of amides is 1. The lowest BCUT2D eigenvalue weighted by Gasteiger charge is -2.34. The summed E-state index contributed by atoms with van der Waals surface area (Å²) in [7, 11) is 0. The third kappa shape index (κ3) is 2.09. The van der Waals surface area contributed by atoms with Crippen molar-refractivity contribution in [2.75, 3.05) is 26.3 Å². The van der Waals surface area contributed by atoms with Gasteiger partial charge in [0.2, 0.25) is 0 Å². The van der Waals surface area contributed by atoms with Crippen molar-refractivity contribution < 1.29 is 9.53 Å². The molecular formula is C13H16N4O2. The topological polar surface area (TPSA) is 72.9 Å². The largest absolute Gasteiger partial charge is 0.377 e. The van der Waals surface area contributed by atoms with Gasteiger partial charge in [-0.15, -0.1) is 0 Å². The van der Waals surface area contributed by atoms with Crippen LogP contribution in [0.3, 0.4) is 0 Å². The summed E-state index contributed by atoms with van der Waals surface area (Å²) in [5, 5.41) is 4.19. The fraction of sp³-hybridized carbons (Fsp3) is 0.385. The highest BCUT2D eigenvalue weighted by molar-refractivity contribution is 6.00. The van der Waals surface area contributed by atoms with Crippen LogP contribution in [0.5, 0.6) is 0 Å². The molecule has 0 bridgehead atoms. The van der Waals surface area contributed by atoms with E-state index in [1.807, 2.05) is 24.4 Å². The predicted octanol–water partition coefficient (Wildman–Crippen LogP) is 0.134. The maximum absolute atomic E-state index is 12.6. The van der Waals surface area contributed by atoms with Crippen molar-refractivity contribution in [1.29, 1.82) is 0 Å². The van der Waals surface area contributed by atoms with Crippen LogP contribution in [-0.2, 0) is 4.74 Å². The summed E-state index contributed by atoms with van der Waals surface area (Å²) in [6.07, 6.45) is 3.44. The van der Waals surface area contributed by atoms with Crippen LogP contribution >= 0.6 is 0 Å². The van der Waals surface area contributed by atoms with Gasteiger partial charge in [-0.25, -0.2) is 4.52 Å². The predicted molar refractivity (Wildman–Crippen MR) is 69.9 cm³/mol. The molecule has 1 aliphatic rings. The number of pyridine rings is 1. The number of rotatable bonds is 2. The summed E-state index contributed by atoms with van der Waals surface area (Å²) in [5.74, 6) is -0.0278. The minimum Gasteiger partial charge on any atom is -0.377 e. The summed E-state index contributed by atoms with van der Waals surface area (Å²) in [4.78, 5) is 14.4. The molecule has 6 nitrogen and oxygen atoms in total. The first-order valence-electron chi connectivity index (χ1n) is 6.32. The van der Waals surface area contributed by atoms with Gasteiger partial charge >= 0.3 is 0 Å². The smallest absolute Gasteiger partial charge is 0.258 e. The average molecular weight is 260 g/mol. The van der Waals surface area contributed by atoms with E-state index in [9.17, 15) is 4.79 Å². The van der Waals surface area contributed by atoms with Crippen molar-refractivity contribution in [1.82, 2.24) is 14.5 Å². The second-order valence-corrected chi connectivity index (χ2v) is 4.55. The molecule has 0 spiro atoms. The molecule has 1 atom stereocenters. The number of morpholine rings is 1. The molecule has 2 N–H and O–H groups in total. The zero-order valence-corrected chi connectivity index (χ0v) is 10.5. The Labute approximate surface area is 110 Å². The maximum atomic E-state index is 12.6. The fourth-order valence-corrected chi connectivity index (χ4v) is 2.37. The van der Waals surface area contributed by atoms with E-state index in [4.69, 9.17) is 10.5 Å². The van der Waals surface area contributed by atoms with Crippen molar-refractivity contribution in [2.24, 2.45) is 5.73 Å². The van der Waals surface area contributed by atoms with Crippen molar-refractivity contribution in [3.63, 3.8) is 0 Å². The van der Waals surface area contributed by atoms with Crippen LogP contribution in [0, 0.1) is 0 Å². The Morgan fingerprint density at radius 3 is 3.26 bits per heavy atom. The lowest BCUT2D eigenvalue weighted by Crippen LogP contribution is -2.52. The molecule has 0 radical (unpaired) electrons. The maximum Gasteiger partial charge on any atom is 0.258 e. The molecular weight excluding hydrogens is 244 g/mol. The summed E-state index contributed by atoms with van der Waals surface area (Å²) in [6.45, 7) is 2.04. The molecule has 2 aromatic rings. The molecule has 1 aliphatic heterocycles. The fourth-order valence-electron chi connectivity index (χ4n) is 2.37. The van der Waals surface area contributed by atoms with Crippen LogP contribution in [0.25, 0.3) is 5.52 Å². The number of aromatic nitrogens is 2. The van der Waals surface area contributed by atoms with Gasteiger partial charge in [-0.1, -0.05) is 6.07 Å². The first-order valence-corrected chi connectivity index (χ1v) is 6.32. The quantitative estimate of drug-likeness (QED) is 0.833. The van der Waals surface area contributed by atoms with E-state index in [-0.39, 0.29) is 11.9 Å². The van der Waals surface area contributed by atoms with Crippen molar-refractivity contribution in [3.05, 3.63) is 36.2 Å². The minimum atomic E-state index is -0.0556. The summed E-state index contributed by atoms with van der Waals surface area (Å²) >= 11 is 0. The summed E-state index contributed by atoms with van der Waals surface area (Å²) in [6, 6.07) is 5.61. The van der Waals surface area contributed by atoms with E-state index in [1.54, 1.807) is 15.6 Å². The summed E-state index contributed by atoms with van der Waals surface area (Å²) < 4.78 is 7.06. The van der Waals surface area contributed by atoms with Crippen molar-refractivity contribution >= 4 is 11.4 Å². The highest BCUT2D eigenvalue weighted by Crippen LogP contribution is 2.16. The highest BCUT2D eigenvalue weighted by Gasteiger charge is 2.28. The Hall–Kier alpha value is -1.92. The van der Waals surface area contributed by atoms with Gasteiger partial charge < -0.3 is 15.4 Å². The lowest BCUT2D eigenvalue weighted by atomic mass is 10.1. The van der Waals surface area contributed by atoms with Crippen LogP contribution in [0.2, 0.25) is 0 Å². The van der Waals surface area contributed by atoms with Crippen LogP contribution in [0.15, 0.2) is 30.6 Å². The Bertz CT molecular complexity index is 595. The lowest BCUT2D eigenvalue weighted by molar-refractivity contribution is 0.000944. The van der Waals surface area contributed by atoms with Gasteiger partial charge in [0, 0.05) is 19.3 Å². The second-order valence-electron chi connectivity index (χ2n) is 4.55. The zero-order chi connectivity index (χ0) is 13.2. The highest BCUT2D eigenvalue weighted by atomic mass is 16.5. The van der Waals surface area contributed by atoms with E-state index in [1.165, 1.54) is 0 Å². The SMILES string of the molecule is NCC1COCCN1C(=O)c1cnn2ccccc12. The van der Waals surface area contributed by atoms with E-state index >= 15 is 0 Å². The Morgan fingerprint density at radius 2 is 2.42 bits per heavy atom. The number of hydrogen-bond acceptors (Lipinski definition) is 4. The average Bonchev–Trinajstić information content (AvgIpc) is 2.90. The van der Waals surface area contributed by atoms with Gasteiger partial charge in [-0.2, -0.15) is 5.10 Å². The number of fused-ring (bicyclic) bond motifs is 1. The molecule has 1 fully saturated rings. The second kappa shape index (κ2) is 4.99. The minimum absolute atomic E-state index is 0.0278. The number of carbonyl (C=O) groups is 1. The molecule has 0 saturated carbocycles. The Morgan fingerprint density at radius 1 is 1.53 bits per heavy atom. The van der Waals surface area contributed by atoms with Gasteiger partial charge in [0.1, 0.15) is 0 Å². The zero-order valence-electron chi connectivity index (χ0n) is 10.5. The monoisotopic (exact) mass is 260 g/mol. The molecule has 2 aromatic heterocycles. The number of ether oxygens (including phenoxy) is 1. The Balaban J connectivity index is 1.94. The number of carbonyl (C=O) groups excluding carboxylic acids is 1. The van der Waals surface area contributed by atoms with Gasteiger partial charge in [-0.05, 0) is 12.1 Å². The van der Waals surface area contributed by atoms with E-state index in [2.05, 4.69) is 5.10 Å². The first-order chi connectivity index (χ1) is 9.31. The molecule has 1 saturated heterocycles. The van der Waals surface area contributed by atoms with Crippen LogP contribution in [0.1, 0.15) is 10.4 Å². The third-order valence-electron chi connectivity index (χ3n) is 3.42. The molecule has 19 heavy (non-hydrogen) atoms. The van der Waals surface area contributed by atoms with E-state index < -0.39 is 0 Å². The third-order valence-corrected chi connectivity index (χ3v) is 3.42. The Kier molecular flexibility index (Phi) is 3.18. The number of nitrogens with zero attached hydrogens (tertiary/aromatic N) is 3. The molecule has 0 aliphatic carbocycles. The molecule has 0 aromatic carbocycles. The summed E-state index contributed by atoms with van der Waals surface area (Å²) in [5.41, 5.74) is 7.13. The van der Waals surface area contributed by atoms with Crippen molar-refractivity contribution in [3.8, 4) is 0 Å². The number of nitrogens with two attached hydrogens (primary N) is 1. The molecule has 1 unspecified atom stereocenters.